The fraction of sp³-hybridized carbons (Fsp3) is 0.174. The molecular weight excluding hydrogens is 422 g/mol. The van der Waals surface area contributed by atoms with E-state index in [1.165, 1.54) is 0 Å². The number of aryl methyl sites for hydroxylation is 3. The first kappa shape index (κ1) is 19.7. The van der Waals surface area contributed by atoms with Crippen LogP contribution in [0.25, 0.3) is 0 Å². The summed E-state index contributed by atoms with van der Waals surface area (Å²) in [5.41, 5.74) is 7.11. The number of nitrogens with one attached hydrogen (secondary N) is 1. The maximum Gasteiger partial charge on any atom is 0.194 e. The Kier molecular flexibility index (Phi) is 5.73. The predicted octanol–water partition coefficient (Wildman–Crippen LogP) is 7.31. The van der Waals surface area contributed by atoms with Crippen LogP contribution in [0.2, 0.25) is 5.02 Å². The lowest BCUT2D eigenvalue weighted by Gasteiger charge is -2.16. The van der Waals surface area contributed by atoms with Gasteiger partial charge in [-0.2, -0.15) is 0 Å². The molecule has 3 aromatic carbocycles. The molecule has 0 spiro atoms. The van der Waals surface area contributed by atoms with E-state index in [-0.39, 0.29) is 5.78 Å². The second-order valence-corrected chi connectivity index (χ2v) is 8.13. The van der Waals surface area contributed by atoms with Gasteiger partial charge >= 0.3 is 0 Å². The molecule has 0 aliphatic heterocycles. The van der Waals surface area contributed by atoms with Crippen LogP contribution >= 0.6 is 27.5 Å². The Hall–Kier alpha value is -2.10. The van der Waals surface area contributed by atoms with Gasteiger partial charge in [-0.05, 0) is 80.8 Å². The van der Waals surface area contributed by atoms with Crippen molar-refractivity contribution in [2.24, 2.45) is 0 Å². The molecule has 0 unspecified atom stereocenters. The van der Waals surface area contributed by atoms with Gasteiger partial charge in [0.2, 0.25) is 0 Å². The maximum atomic E-state index is 13.0. The van der Waals surface area contributed by atoms with Crippen molar-refractivity contribution < 1.29 is 4.79 Å². The molecular formula is C23H21BrClNO. The molecule has 0 atom stereocenters. The lowest BCUT2D eigenvalue weighted by atomic mass is 9.96. The third-order valence-electron chi connectivity index (χ3n) is 4.73. The largest absolute Gasteiger partial charge is 0.355 e. The third kappa shape index (κ3) is 4.10. The van der Waals surface area contributed by atoms with Crippen LogP contribution in [0.5, 0.6) is 0 Å². The molecule has 27 heavy (non-hydrogen) atoms. The highest BCUT2D eigenvalue weighted by atomic mass is 79.9. The van der Waals surface area contributed by atoms with Crippen molar-refractivity contribution in [2.45, 2.75) is 27.7 Å². The van der Waals surface area contributed by atoms with Gasteiger partial charge in [0.25, 0.3) is 0 Å². The zero-order valence-electron chi connectivity index (χ0n) is 15.8. The normalized spacial score (nSPS) is 10.7. The van der Waals surface area contributed by atoms with Crippen LogP contribution in [0.1, 0.15) is 38.2 Å². The van der Waals surface area contributed by atoms with Gasteiger partial charge in [-0.3, -0.25) is 4.79 Å². The van der Waals surface area contributed by atoms with Gasteiger partial charge < -0.3 is 5.32 Å². The number of ketones is 1. The zero-order chi connectivity index (χ0) is 19.7. The summed E-state index contributed by atoms with van der Waals surface area (Å²) in [6.45, 7) is 7.90. The van der Waals surface area contributed by atoms with Crippen LogP contribution < -0.4 is 5.32 Å². The molecule has 0 heterocycles. The highest BCUT2D eigenvalue weighted by Gasteiger charge is 2.18. The van der Waals surface area contributed by atoms with Crippen LogP contribution in [0.15, 0.2) is 53.0 Å². The van der Waals surface area contributed by atoms with E-state index in [0.29, 0.717) is 16.1 Å². The lowest BCUT2D eigenvalue weighted by molar-refractivity contribution is 0.103. The summed E-state index contributed by atoms with van der Waals surface area (Å²) in [6.07, 6.45) is 0. The second kappa shape index (κ2) is 7.87. The fourth-order valence-electron chi connectivity index (χ4n) is 3.03. The molecule has 0 aliphatic carbocycles. The number of halogens is 2. The van der Waals surface area contributed by atoms with Crippen molar-refractivity contribution >= 4 is 44.7 Å². The number of rotatable bonds is 4. The van der Waals surface area contributed by atoms with E-state index in [1.807, 2.05) is 64.1 Å². The summed E-state index contributed by atoms with van der Waals surface area (Å²) in [5, 5.41) is 3.91. The van der Waals surface area contributed by atoms with Crippen LogP contribution in [0.4, 0.5) is 11.4 Å². The van der Waals surface area contributed by atoms with Crippen LogP contribution in [0, 0.1) is 27.7 Å². The standard InChI is InChI=1S/C23H21BrClNO/c1-13-5-6-14(2)19(11-13)23(27)18-8-10-21(16(4)22(18)25)26-20-9-7-17(24)12-15(20)3/h5-12,26H,1-4H3. The minimum Gasteiger partial charge on any atom is -0.355 e. The molecule has 0 bridgehead atoms. The van der Waals surface area contributed by atoms with E-state index in [9.17, 15) is 4.79 Å². The topological polar surface area (TPSA) is 29.1 Å². The zero-order valence-corrected chi connectivity index (χ0v) is 18.1. The monoisotopic (exact) mass is 441 g/mol. The molecule has 2 nitrogen and oxygen atoms in total. The minimum absolute atomic E-state index is 0.0457. The Balaban J connectivity index is 1.97. The summed E-state index contributed by atoms with van der Waals surface area (Å²) in [5.74, 6) is -0.0457. The molecule has 0 amide bonds. The van der Waals surface area contributed by atoms with Crippen molar-refractivity contribution in [3.63, 3.8) is 0 Å². The third-order valence-corrected chi connectivity index (χ3v) is 5.71. The average molecular weight is 443 g/mol. The van der Waals surface area contributed by atoms with E-state index in [2.05, 4.69) is 27.3 Å². The number of benzene rings is 3. The number of anilines is 2. The van der Waals surface area contributed by atoms with Gasteiger partial charge in [-0.15, -0.1) is 0 Å². The summed E-state index contributed by atoms with van der Waals surface area (Å²) >= 11 is 10.1. The highest BCUT2D eigenvalue weighted by molar-refractivity contribution is 9.10. The van der Waals surface area contributed by atoms with E-state index >= 15 is 0 Å². The number of carbonyl (C=O) groups is 1. The molecule has 0 saturated heterocycles. The van der Waals surface area contributed by atoms with Crippen molar-refractivity contribution in [1.82, 2.24) is 0 Å². The van der Waals surface area contributed by atoms with Crippen molar-refractivity contribution in [3.8, 4) is 0 Å². The van der Waals surface area contributed by atoms with E-state index in [0.717, 1.165) is 38.1 Å². The molecule has 0 aromatic heterocycles. The maximum absolute atomic E-state index is 13.0. The van der Waals surface area contributed by atoms with Crippen LogP contribution in [0.3, 0.4) is 0 Å². The molecule has 0 aliphatic rings. The first-order chi connectivity index (χ1) is 12.8. The van der Waals surface area contributed by atoms with Crippen LogP contribution in [-0.2, 0) is 0 Å². The van der Waals surface area contributed by atoms with E-state index < -0.39 is 0 Å². The Labute approximate surface area is 173 Å². The summed E-state index contributed by atoms with van der Waals surface area (Å²) in [4.78, 5) is 13.0. The Morgan fingerprint density at radius 3 is 2.26 bits per heavy atom. The van der Waals surface area contributed by atoms with Gasteiger partial charge in [-0.25, -0.2) is 0 Å². The molecule has 0 fully saturated rings. The molecule has 0 saturated carbocycles. The summed E-state index contributed by atoms with van der Waals surface area (Å²) < 4.78 is 1.04. The van der Waals surface area contributed by atoms with Gasteiger partial charge in [-0.1, -0.05) is 45.2 Å². The van der Waals surface area contributed by atoms with E-state index in [4.69, 9.17) is 11.6 Å². The quantitative estimate of drug-likeness (QED) is 0.429. The highest BCUT2D eigenvalue weighted by Crippen LogP contribution is 2.32. The Morgan fingerprint density at radius 1 is 0.852 bits per heavy atom. The van der Waals surface area contributed by atoms with Gasteiger partial charge in [0.05, 0.1) is 5.02 Å². The van der Waals surface area contributed by atoms with E-state index in [1.54, 1.807) is 6.07 Å². The van der Waals surface area contributed by atoms with Gasteiger partial charge in [0.15, 0.2) is 5.78 Å². The molecule has 0 radical (unpaired) electrons. The van der Waals surface area contributed by atoms with Crippen molar-refractivity contribution in [3.05, 3.63) is 91.4 Å². The molecule has 138 valence electrons. The smallest absolute Gasteiger partial charge is 0.194 e. The molecule has 3 rings (SSSR count). The number of carbonyl (C=O) groups excluding carboxylic acids is 1. The number of hydrogen-bond donors (Lipinski definition) is 1. The summed E-state index contributed by atoms with van der Waals surface area (Å²) in [7, 11) is 0. The minimum atomic E-state index is -0.0457. The second-order valence-electron chi connectivity index (χ2n) is 6.83. The van der Waals surface area contributed by atoms with Crippen molar-refractivity contribution in [1.29, 1.82) is 0 Å². The molecule has 3 aromatic rings. The first-order valence-corrected chi connectivity index (χ1v) is 9.89. The average Bonchev–Trinajstić information content (AvgIpc) is 2.62. The molecule has 4 heteroatoms. The lowest BCUT2D eigenvalue weighted by Crippen LogP contribution is -2.07. The fourth-order valence-corrected chi connectivity index (χ4v) is 3.76. The number of hydrogen-bond acceptors (Lipinski definition) is 2. The van der Waals surface area contributed by atoms with Crippen LogP contribution in [-0.4, -0.2) is 5.78 Å². The Morgan fingerprint density at radius 2 is 1.56 bits per heavy atom. The summed E-state index contributed by atoms with van der Waals surface area (Å²) in [6, 6.07) is 15.7. The predicted molar refractivity (Wildman–Crippen MR) is 118 cm³/mol. The first-order valence-electron chi connectivity index (χ1n) is 8.72. The molecule has 1 N–H and O–H groups in total. The SMILES string of the molecule is Cc1ccc(C)c(C(=O)c2ccc(Nc3ccc(Br)cc3C)c(C)c2Cl)c1. The van der Waals surface area contributed by atoms with Crippen molar-refractivity contribution in [2.75, 3.05) is 5.32 Å². The van der Waals surface area contributed by atoms with Gasteiger partial charge in [0, 0.05) is 27.0 Å². The van der Waals surface area contributed by atoms with Gasteiger partial charge in [0.1, 0.15) is 0 Å². The Bertz CT molecular complexity index is 1040.